The fraction of sp³-hybridized carbons (Fsp3) is 0.235. The number of carboxylic acid groups (broad SMARTS) is 1. The van der Waals surface area contributed by atoms with Crippen LogP contribution in [0.3, 0.4) is 0 Å². The smallest absolute Gasteiger partial charge is 0.313 e. The largest absolute Gasteiger partial charge is 0.481 e. The van der Waals surface area contributed by atoms with Crippen molar-refractivity contribution in [2.24, 2.45) is 0 Å². The summed E-state index contributed by atoms with van der Waals surface area (Å²) in [6, 6.07) is 16.8. The second-order valence-electron chi connectivity index (χ2n) is 4.84. The van der Waals surface area contributed by atoms with Gasteiger partial charge in [0.05, 0.1) is 5.75 Å². The molecule has 0 aromatic heterocycles. The first-order chi connectivity index (χ1) is 9.56. The third-order valence-electron chi connectivity index (χ3n) is 3.22. The molecule has 0 saturated carbocycles. The zero-order chi connectivity index (χ0) is 14.5. The number of carbonyl (C=O) groups is 1. The minimum absolute atomic E-state index is 0.140. The topological polar surface area (TPSA) is 37.3 Å². The Bertz CT molecular complexity index is 573. The van der Waals surface area contributed by atoms with Crippen LogP contribution in [0.2, 0.25) is 0 Å². The first-order valence-electron chi connectivity index (χ1n) is 6.56. The summed E-state index contributed by atoms with van der Waals surface area (Å²) < 4.78 is 0. The van der Waals surface area contributed by atoms with Crippen molar-refractivity contribution in [3.63, 3.8) is 0 Å². The Kier molecular flexibility index (Phi) is 4.85. The van der Waals surface area contributed by atoms with Gasteiger partial charge in [0, 0.05) is 5.25 Å². The number of benzene rings is 2. The van der Waals surface area contributed by atoms with Crippen molar-refractivity contribution in [1.29, 1.82) is 0 Å². The summed E-state index contributed by atoms with van der Waals surface area (Å²) in [5, 5.41) is 8.90. The molecule has 0 amide bonds. The summed E-state index contributed by atoms with van der Waals surface area (Å²) in [5.74, 6) is -0.626. The van der Waals surface area contributed by atoms with E-state index in [0.29, 0.717) is 0 Å². The van der Waals surface area contributed by atoms with E-state index in [1.165, 1.54) is 28.5 Å². The van der Waals surface area contributed by atoms with Gasteiger partial charge in [0.1, 0.15) is 0 Å². The molecule has 0 aliphatic rings. The van der Waals surface area contributed by atoms with Crippen LogP contribution in [0.1, 0.15) is 23.3 Å². The molecule has 104 valence electrons. The van der Waals surface area contributed by atoms with E-state index in [2.05, 4.69) is 55.5 Å². The summed E-state index contributed by atoms with van der Waals surface area (Å²) in [7, 11) is 0. The number of hydrogen-bond acceptors (Lipinski definition) is 2. The zero-order valence-corrected chi connectivity index (χ0v) is 12.5. The molecule has 1 N–H and O–H groups in total. The number of hydrogen-bond donors (Lipinski definition) is 1. The van der Waals surface area contributed by atoms with Gasteiger partial charge in [0.2, 0.25) is 0 Å². The van der Waals surface area contributed by atoms with Crippen molar-refractivity contribution in [3.05, 3.63) is 59.7 Å². The first kappa shape index (κ1) is 14.7. The van der Waals surface area contributed by atoms with Gasteiger partial charge >= 0.3 is 5.97 Å². The second-order valence-corrected chi connectivity index (χ2v) is 6.16. The van der Waals surface area contributed by atoms with Crippen LogP contribution in [0.25, 0.3) is 11.1 Å². The van der Waals surface area contributed by atoms with Gasteiger partial charge in [-0.15, -0.1) is 11.8 Å². The number of aryl methyl sites for hydroxylation is 1. The van der Waals surface area contributed by atoms with E-state index in [1.807, 2.05) is 6.92 Å². The molecule has 3 heteroatoms. The van der Waals surface area contributed by atoms with Gasteiger partial charge in [-0.05, 0) is 30.5 Å². The lowest BCUT2D eigenvalue weighted by atomic mass is 10.0. The highest BCUT2D eigenvalue weighted by Gasteiger charge is 2.08. The molecule has 2 aromatic rings. The van der Waals surface area contributed by atoms with Gasteiger partial charge in [-0.1, -0.05) is 54.1 Å². The summed E-state index contributed by atoms with van der Waals surface area (Å²) in [6.45, 7) is 4.11. The van der Waals surface area contributed by atoms with Gasteiger partial charge in [0.25, 0.3) is 0 Å². The lowest BCUT2D eigenvalue weighted by Gasteiger charge is -2.11. The Hall–Kier alpha value is -1.74. The Labute approximate surface area is 123 Å². The SMILES string of the molecule is Cc1ccc(-c2ccc(C(C)SCC(=O)O)cc2)cc1. The van der Waals surface area contributed by atoms with Crippen LogP contribution >= 0.6 is 11.8 Å². The lowest BCUT2D eigenvalue weighted by molar-refractivity contribution is -0.133. The zero-order valence-electron chi connectivity index (χ0n) is 11.7. The second kappa shape index (κ2) is 6.62. The van der Waals surface area contributed by atoms with E-state index in [1.54, 1.807) is 0 Å². The van der Waals surface area contributed by atoms with Crippen LogP contribution in [0.4, 0.5) is 0 Å². The molecule has 2 rings (SSSR count). The summed E-state index contributed by atoms with van der Waals surface area (Å²) in [5.41, 5.74) is 4.80. The average molecular weight is 286 g/mol. The fourth-order valence-electron chi connectivity index (χ4n) is 1.99. The maximum atomic E-state index is 10.6. The Balaban J connectivity index is 2.09. The van der Waals surface area contributed by atoms with Gasteiger partial charge in [-0.25, -0.2) is 0 Å². The van der Waals surface area contributed by atoms with Crippen LogP contribution < -0.4 is 0 Å². The minimum Gasteiger partial charge on any atom is -0.481 e. The van der Waals surface area contributed by atoms with Crippen molar-refractivity contribution in [1.82, 2.24) is 0 Å². The van der Waals surface area contributed by atoms with E-state index in [4.69, 9.17) is 5.11 Å². The molecular weight excluding hydrogens is 268 g/mol. The molecule has 0 saturated heterocycles. The standard InChI is InChI=1S/C17H18O2S/c1-12-3-5-15(6-4-12)16-9-7-14(8-10-16)13(2)20-11-17(18)19/h3-10,13H,11H2,1-2H3,(H,18,19). The van der Waals surface area contributed by atoms with Crippen LogP contribution in [-0.4, -0.2) is 16.8 Å². The van der Waals surface area contributed by atoms with Gasteiger partial charge in [0.15, 0.2) is 0 Å². The third-order valence-corrected chi connectivity index (χ3v) is 4.41. The number of thioether (sulfide) groups is 1. The van der Waals surface area contributed by atoms with Crippen LogP contribution in [0.15, 0.2) is 48.5 Å². The number of carboxylic acids is 1. The molecule has 2 aromatic carbocycles. The van der Waals surface area contributed by atoms with Gasteiger partial charge in [-0.3, -0.25) is 4.79 Å². The molecule has 1 unspecified atom stereocenters. The maximum Gasteiger partial charge on any atom is 0.313 e. The highest BCUT2D eigenvalue weighted by Crippen LogP contribution is 2.29. The summed E-state index contributed by atoms with van der Waals surface area (Å²) in [4.78, 5) is 10.6. The van der Waals surface area contributed by atoms with E-state index < -0.39 is 5.97 Å². The molecule has 1 atom stereocenters. The van der Waals surface area contributed by atoms with Crippen LogP contribution in [-0.2, 0) is 4.79 Å². The normalized spacial score (nSPS) is 12.1. The van der Waals surface area contributed by atoms with Gasteiger partial charge in [-0.2, -0.15) is 0 Å². The van der Waals surface area contributed by atoms with Crippen LogP contribution in [0, 0.1) is 6.92 Å². The fourth-order valence-corrected chi connectivity index (χ4v) is 2.73. The van der Waals surface area contributed by atoms with Crippen molar-refractivity contribution in [3.8, 4) is 11.1 Å². The molecule has 0 aliphatic heterocycles. The molecule has 0 heterocycles. The van der Waals surface area contributed by atoms with Crippen molar-refractivity contribution in [2.45, 2.75) is 19.1 Å². The molecule has 20 heavy (non-hydrogen) atoms. The van der Waals surface area contributed by atoms with Crippen molar-refractivity contribution in [2.75, 3.05) is 5.75 Å². The molecule has 2 nitrogen and oxygen atoms in total. The van der Waals surface area contributed by atoms with E-state index in [0.717, 1.165) is 5.56 Å². The molecule has 0 aliphatic carbocycles. The number of rotatable bonds is 5. The average Bonchev–Trinajstić information content (AvgIpc) is 2.46. The molecule has 0 bridgehead atoms. The lowest BCUT2D eigenvalue weighted by Crippen LogP contribution is -2.00. The van der Waals surface area contributed by atoms with E-state index in [9.17, 15) is 4.79 Å². The molecule has 0 spiro atoms. The highest BCUT2D eigenvalue weighted by molar-refractivity contribution is 8.00. The Morgan fingerprint density at radius 3 is 2.05 bits per heavy atom. The Morgan fingerprint density at radius 1 is 1.05 bits per heavy atom. The molecule has 0 radical (unpaired) electrons. The minimum atomic E-state index is -0.766. The van der Waals surface area contributed by atoms with Crippen molar-refractivity contribution < 1.29 is 9.90 Å². The Morgan fingerprint density at radius 2 is 1.55 bits per heavy atom. The van der Waals surface area contributed by atoms with E-state index >= 15 is 0 Å². The predicted molar refractivity (Wildman–Crippen MR) is 85.1 cm³/mol. The maximum absolute atomic E-state index is 10.6. The van der Waals surface area contributed by atoms with Gasteiger partial charge < -0.3 is 5.11 Å². The monoisotopic (exact) mass is 286 g/mol. The molecule has 0 fully saturated rings. The summed E-state index contributed by atoms with van der Waals surface area (Å²) in [6.07, 6.45) is 0. The number of aliphatic carboxylic acids is 1. The quantitative estimate of drug-likeness (QED) is 0.876. The van der Waals surface area contributed by atoms with Crippen LogP contribution in [0.5, 0.6) is 0 Å². The molecular formula is C17H18O2S. The summed E-state index contributed by atoms with van der Waals surface area (Å²) >= 11 is 1.44. The highest BCUT2D eigenvalue weighted by atomic mass is 32.2. The van der Waals surface area contributed by atoms with Crippen molar-refractivity contribution >= 4 is 17.7 Å². The first-order valence-corrected chi connectivity index (χ1v) is 7.61. The van der Waals surface area contributed by atoms with E-state index in [-0.39, 0.29) is 11.0 Å². The third kappa shape index (κ3) is 3.87. The predicted octanol–water partition coefficient (Wildman–Crippen LogP) is 4.54.